The van der Waals surface area contributed by atoms with Gasteiger partial charge in [-0.2, -0.15) is 0 Å². The molecule has 0 saturated carbocycles. The van der Waals surface area contributed by atoms with Gasteiger partial charge in [-0.15, -0.1) is 0 Å². The number of aromatic nitrogens is 1. The molecule has 3 N–H and O–H groups in total. The zero-order valence-electron chi connectivity index (χ0n) is 11.2. The second-order valence-corrected chi connectivity index (χ2v) is 6.08. The van der Waals surface area contributed by atoms with E-state index in [-0.39, 0.29) is 11.4 Å². The Labute approximate surface area is 118 Å². The Bertz CT molecular complexity index is 665. The first-order valence-corrected chi connectivity index (χ1v) is 7.69. The molecule has 0 aliphatic heterocycles. The maximum Gasteiger partial charge on any atom is 0.244 e. The molecule has 0 unspecified atom stereocenters. The van der Waals surface area contributed by atoms with Crippen molar-refractivity contribution in [3.63, 3.8) is 0 Å². The van der Waals surface area contributed by atoms with E-state index in [1.165, 1.54) is 6.07 Å². The Morgan fingerprint density at radius 3 is 2.85 bits per heavy atom. The van der Waals surface area contributed by atoms with Crippen molar-refractivity contribution in [2.24, 2.45) is 5.73 Å². The molecule has 2 heterocycles. The van der Waals surface area contributed by atoms with E-state index in [1.54, 1.807) is 19.3 Å². The highest BCUT2D eigenvalue weighted by atomic mass is 32.2. The second kappa shape index (κ2) is 6.17. The molecule has 2 aromatic heterocycles. The molecule has 0 bridgehead atoms. The average Bonchev–Trinajstić information content (AvgIpc) is 2.82. The van der Waals surface area contributed by atoms with E-state index in [4.69, 9.17) is 10.2 Å². The molecule has 0 aliphatic rings. The summed E-state index contributed by atoms with van der Waals surface area (Å²) in [6.45, 7) is 2.08. The van der Waals surface area contributed by atoms with Gasteiger partial charge in [0, 0.05) is 25.0 Å². The fraction of sp³-hybridized carbons (Fsp3) is 0.308. The van der Waals surface area contributed by atoms with Crippen molar-refractivity contribution in [2.75, 3.05) is 6.54 Å². The molecule has 6 nitrogen and oxygen atoms in total. The van der Waals surface area contributed by atoms with Crippen LogP contribution in [0.15, 0.2) is 39.9 Å². The first-order valence-electron chi connectivity index (χ1n) is 6.21. The topological polar surface area (TPSA) is 98.2 Å². The predicted octanol–water partition coefficient (Wildman–Crippen LogP) is 0.963. The number of furan rings is 1. The lowest BCUT2D eigenvalue weighted by molar-refractivity contribution is 0.478. The summed E-state index contributed by atoms with van der Waals surface area (Å²) >= 11 is 0. The Kier molecular flexibility index (Phi) is 4.53. The zero-order chi connectivity index (χ0) is 14.6. The number of hydrogen-bond donors (Lipinski definition) is 2. The summed E-state index contributed by atoms with van der Waals surface area (Å²) in [4.78, 5) is 4.12. The molecule has 0 spiro atoms. The predicted molar refractivity (Wildman–Crippen MR) is 74.5 cm³/mol. The minimum Gasteiger partial charge on any atom is -0.464 e. The van der Waals surface area contributed by atoms with E-state index in [1.807, 2.05) is 12.1 Å². The van der Waals surface area contributed by atoms with E-state index in [0.29, 0.717) is 24.5 Å². The molecule has 0 aliphatic carbocycles. The Morgan fingerprint density at radius 2 is 2.25 bits per heavy atom. The maximum atomic E-state index is 12.1. The lowest BCUT2D eigenvalue weighted by Crippen LogP contribution is -2.26. The lowest BCUT2D eigenvalue weighted by atomic mass is 10.2. The standard InChI is InChI=1S/C13H17N3O3S/c1-10-13(7-12(8-14)19-10)20(17,18)16-6-4-11-3-2-5-15-9-11/h2-3,5,7,9,16H,4,6,8,14H2,1H3. The quantitative estimate of drug-likeness (QED) is 0.827. The van der Waals surface area contributed by atoms with Crippen LogP contribution in [-0.4, -0.2) is 19.9 Å². The van der Waals surface area contributed by atoms with Crippen molar-refractivity contribution in [3.8, 4) is 0 Å². The number of nitrogens with zero attached hydrogens (tertiary/aromatic N) is 1. The zero-order valence-corrected chi connectivity index (χ0v) is 12.0. The van der Waals surface area contributed by atoms with Gasteiger partial charge in [0.2, 0.25) is 10.0 Å². The SMILES string of the molecule is Cc1oc(CN)cc1S(=O)(=O)NCCc1cccnc1. The van der Waals surface area contributed by atoms with E-state index in [2.05, 4.69) is 9.71 Å². The minimum absolute atomic E-state index is 0.143. The number of nitrogens with two attached hydrogens (primary N) is 1. The molecule has 0 saturated heterocycles. The molecule has 0 aromatic carbocycles. The van der Waals surface area contributed by atoms with Gasteiger partial charge in [0.05, 0.1) is 6.54 Å². The van der Waals surface area contributed by atoms with Crippen molar-refractivity contribution < 1.29 is 12.8 Å². The molecule has 0 radical (unpaired) electrons. The Hall–Kier alpha value is -1.70. The third-order valence-corrected chi connectivity index (χ3v) is 4.41. The maximum absolute atomic E-state index is 12.1. The van der Waals surface area contributed by atoms with Crippen LogP contribution in [-0.2, 0) is 23.0 Å². The van der Waals surface area contributed by atoms with Crippen molar-refractivity contribution in [3.05, 3.63) is 47.7 Å². The Morgan fingerprint density at radius 1 is 1.45 bits per heavy atom. The number of pyridine rings is 1. The van der Waals surface area contributed by atoms with Gasteiger partial charge >= 0.3 is 0 Å². The molecule has 20 heavy (non-hydrogen) atoms. The smallest absolute Gasteiger partial charge is 0.244 e. The van der Waals surface area contributed by atoms with Gasteiger partial charge in [-0.05, 0) is 25.0 Å². The fourth-order valence-electron chi connectivity index (χ4n) is 1.85. The van der Waals surface area contributed by atoms with E-state index >= 15 is 0 Å². The largest absolute Gasteiger partial charge is 0.464 e. The molecule has 0 amide bonds. The number of nitrogens with one attached hydrogen (secondary N) is 1. The van der Waals surface area contributed by atoms with Crippen molar-refractivity contribution in [1.82, 2.24) is 9.71 Å². The summed E-state index contributed by atoms with van der Waals surface area (Å²) in [5, 5.41) is 0. The summed E-state index contributed by atoms with van der Waals surface area (Å²) in [6.07, 6.45) is 3.97. The summed E-state index contributed by atoms with van der Waals surface area (Å²) < 4.78 is 32.1. The van der Waals surface area contributed by atoms with Gasteiger partial charge in [-0.25, -0.2) is 13.1 Å². The molecule has 7 heteroatoms. The average molecular weight is 295 g/mol. The highest BCUT2D eigenvalue weighted by Gasteiger charge is 2.20. The number of hydrogen-bond acceptors (Lipinski definition) is 5. The van der Waals surface area contributed by atoms with Crippen molar-refractivity contribution in [1.29, 1.82) is 0 Å². The van der Waals surface area contributed by atoms with Gasteiger partial charge in [0.15, 0.2) is 0 Å². The highest BCUT2D eigenvalue weighted by Crippen LogP contribution is 2.19. The van der Waals surface area contributed by atoms with Crippen LogP contribution >= 0.6 is 0 Å². The summed E-state index contributed by atoms with van der Waals surface area (Å²) in [5.74, 6) is 0.800. The third kappa shape index (κ3) is 3.44. The first kappa shape index (κ1) is 14.7. The van der Waals surface area contributed by atoms with Gasteiger partial charge < -0.3 is 10.2 Å². The molecule has 108 valence electrons. The number of sulfonamides is 1. The first-order chi connectivity index (χ1) is 9.53. The third-order valence-electron chi connectivity index (χ3n) is 2.84. The summed E-state index contributed by atoms with van der Waals surface area (Å²) in [7, 11) is -3.57. The fourth-order valence-corrected chi connectivity index (χ4v) is 3.08. The number of rotatable bonds is 6. The molecule has 0 atom stereocenters. The second-order valence-electron chi connectivity index (χ2n) is 4.35. The van der Waals surface area contributed by atoms with Crippen LogP contribution in [0.5, 0.6) is 0 Å². The van der Waals surface area contributed by atoms with Crippen LogP contribution in [0, 0.1) is 6.92 Å². The van der Waals surface area contributed by atoms with Crippen LogP contribution < -0.4 is 10.5 Å². The summed E-state index contributed by atoms with van der Waals surface area (Å²) in [6, 6.07) is 5.18. The van der Waals surface area contributed by atoms with Gasteiger partial charge in [-0.1, -0.05) is 6.07 Å². The normalized spacial score (nSPS) is 11.7. The van der Waals surface area contributed by atoms with E-state index in [0.717, 1.165) is 5.56 Å². The highest BCUT2D eigenvalue weighted by molar-refractivity contribution is 7.89. The van der Waals surface area contributed by atoms with Crippen molar-refractivity contribution >= 4 is 10.0 Å². The van der Waals surface area contributed by atoms with E-state index < -0.39 is 10.0 Å². The van der Waals surface area contributed by atoms with Crippen LogP contribution in [0.2, 0.25) is 0 Å². The van der Waals surface area contributed by atoms with Crippen LogP contribution in [0.3, 0.4) is 0 Å². The number of aryl methyl sites for hydroxylation is 1. The van der Waals surface area contributed by atoms with Crippen LogP contribution in [0.4, 0.5) is 0 Å². The molecule has 0 fully saturated rings. The molecule has 2 aromatic rings. The van der Waals surface area contributed by atoms with Crippen molar-refractivity contribution in [2.45, 2.75) is 24.8 Å². The Balaban J connectivity index is 2.02. The van der Waals surface area contributed by atoms with Gasteiger partial charge in [0.1, 0.15) is 16.4 Å². The molecule has 2 rings (SSSR count). The van der Waals surface area contributed by atoms with Crippen LogP contribution in [0.25, 0.3) is 0 Å². The monoisotopic (exact) mass is 295 g/mol. The summed E-state index contributed by atoms with van der Waals surface area (Å²) in [5.41, 5.74) is 6.41. The van der Waals surface area contributed by atoms with Gasteiger partial charge in [0.25, 0.3) is 0 Å². The lowest BCUT2D eigenvalue weighted by Gasteiger charge is -2.05. The minimum atomic E-state index is -3.57. The van der Waals surface area contributed by atoms with Crippen LogP contribution in [0.1, 0.15) is 17.1 Å². The van der Waals surface area contributed by atoms with Gasteiger partial charge in [-0.3, -0.25) is 4.98 Å². The molecular weight excluding hydrogens is 278 g/mol. The van der Waals surface area contributed by atoms with E-state index in [9.17, 15) is 8.42 Å². The molecular formula is C13H17N3O3S.